The summed E-state index contributed by atoms with van der Waals surface area (Å²) in [5.74, 6) is -4.04. The van der Waals surface area contributed by atoms with Gasteiger partial charge in [-0.25, -0.2) is 21.9 Å². The second-order valence-electron chi connectivity index (χ2n) is 7.55. The Balaban J connectivity index is 1.47. The van der Waals surface area contributed by atoms with E-state index in [0.717, 1.165) is 17.7 Å². The van der Waals surface area contributed by atoms with Crippen LogP contribution in [0, 0.1) is 18.6 Å². The first-order valence-electron chi connectivity index (χ1n) is 9.85. The minimum atomic E-state index is -4.75. The summed E-state index contributed by atoms with van der Waals surface area (Å²) < 4.78 is 97.9. The number of nitrogens with one attached hydrogen (secondary N) is 1. The van der Waals surface area contributed by atoms with E-state index in [4.69, 9.17) is 0 Å². The molecule has 7 nitrogen and oxygen atoms in total. The Morgan fingerprint density at radius 2 is 1.88 bits per heavy atom. The first-order valence-corrected chi connectivity index (χ1v) is 11.5. The number of nitrogens with zero attached hydrogens (tertiary/aromatic N) is 3. The largest absolute Gasteiger partial charge is 0.471 e. The van der Waals surface area contributed by atoms with Gasteiger partial charge < -0.3 is 9.09 Å². The Labute approximate surface area is 190 Å². The molecule has 0 unspecified atom stereocenters. The number of aryl methyl sites for hydroxylation is 1. The molecule has 0 aliphatic heterocycles. The first-order chi connectivity index (χ1) is 15.9. The average molecular weight is 500 g/mol. The minimum Gasteiger partial charge on any atom is -0.346 e. The predicted octanol–water partition coefficient (Wildman–Crippen LogP) is 4.42. The highest BCUT2D eigenvalue weighted by Crippen LogP contribution is 2.31. The Bertz CT molecular complexity index is 1460. The quantitative estimate of drug-likeness (QED) is 0.380. The maximum absolute atomic E-state index is 13.8. The third-order valence-corrected chi connectivity index (χ3v) is 6.38. The smallest absolute Gasteiger partial charge is 0.346 e. The molecule has 0 bridgehead atoms. The maximum Gasteiger partial charge on any atom is 0.471 e. The van der Waals surface area contributed by atoms with Gasteiger partial charge in [0.25, 0.3) is 0 Å². The molecule has 0 aliphatic rings. The van der Waals surface area contributed by atoms with Crippen LogP contribution in [0.25, 0.3) is 22.3 Å². The number of fused-ring (bicyclic) bond motifs is 1. The second-order valence-corrected chi connectivity index (χ2v) is 9.35. The van der Waals surface area contributed by atoms with Gasteiger partial charge in [-0.05, 0) is 36.8 Å². The molecule has 1 N–H and O–H groups in total. The number of halogens is 5. The van der Waals surface area contributed by atoms with E-state index in [0.29, 0.717) is 22.5 Å². The van der Waals surface area contributed by atoms with Gasteiger partial charge in [-0.2, -0.15) is 18.2 Å². The molecule has 34 heavy (non-hydrogen) atoms. The molecule has 0 aliphatic carbocycles. The van der Waals surface area contributed by atoms with E-state index < -0.39 is 39.5 Å². The Hall–Kier alpha value is -3.32. The van der Waals surface area contributed by atoms with Crippen molar-refractivity contribution in [3.63, 3.8) is 0 Å². The summed E-state index contributed by atoms with van der Waals surface area (Å²) in [6, 6.07) is 7.48. The maximum atomic E-state index is 13.8. The average Bonchev–Trinajstić information content (AvgIpc) is 3.36. The van der Waals surface area contributed by atoms with Crippen LogP contribution in [0.2, 0.25) is 0 Å². The molecule has 0 saturated heterocycles. The number of benzene rings is 2. The molecule has 0 fully saturated rings. The predicted molar refractivity (Wildman–Crippen MR) is 112 cm³/mol. The summed E-state index contributed by atoms with van der Waals surface area (Å²) in [4.78, 5) is 3.38. The van der Waals surface area contributed by atoms with Crippen LogP contribution in [0.3, 0.4) is 0 Å². The molecule has 0 spiro atoms. The SMILES string of the molecule is Cc1cn(CCNS(=O)(=O)Cc2ccc(F)cc2F)c2ccc(-c3noc(C(F)(F)F)n3)cc12. The molecule has 4 rings (SSSR count). The van der Waals surface area contributed by atoms with Crippen molar-refractivity contribution in [2.45, 2.75) is 25.4 Å². The van der Waals surface area contributed by atoms with Gasteiger partial charge in [-0.15, -0.1) is 0 Å². The molecule has 2 heterocycles. The van der Waals surface area contributed by atoms with E-state index in [1.807, 2.05) is 0 Å². The summed E-state index contributed by atoms with van der Waals surface area (Å²) in [6.07, 6.45) is -2.98. The van der Waals surface area contributed by atoms with Crippen LogP contribution in [0.4, 0.5) is 22.0 Å². The molecule has 0 saturated carbocycles. The van der Waals surface area contributed by atoms with Crippen molar-refractivity contribution in [2.75, 3.05) is 6.54 Å². The molecular formula is C21H17F5N4O3S. The number of hydrogen-bond donors (Lipinski definition) is 1. The lowest BCUT2D eigenvalue weighted by molar-refractivity contribution is -0.159. The number of rotatable bonds is 7. The highest BCUT2D eigenvalue weighted by Gasteiger charge is 2.38. The molecule has 13 heteroatoms. The molecule has 2 aromatic carbocycles. The summed E-state index contributed by atoms with van der Waals surface area (Å²) >= 11 is 0. The van der Waals surface area contributed by atoms with E-state index in [1.54, 1.807) is 29.8 Å². The van der Waals surface area contributed by atoms with Crippen LogP contribution >= 0.6 is 0 Å². The summed E-state index contributed by atoms with van der Waals surface area (Å²) in [5.41, 5.74) is 1.69. The van der Waals surface area contributed by atoms with Crippen LogP contribution in [0.5, 0.6) is 0 Å². The monoisotopic (exact) mass is 500 g/mol. The van der Waals surface area contributed by atoms with Crippen LogP contribution in [-0.2, 0) is 28.5 Å². The van der Waals surface area contributed by atoms with Gasteiger partial charge in [0.2, 0.25) is 15.8 Å². The minimum absolute atomic E-state index is 0.00406. The lowest BCUT2D eigenvalue weighted by atomic mass is 10.1. The zero-order chi connectivity index (χ0) is 24.7. The summed E-state index contributed by atoms with van der Waals surface area (Å²) in [6.45, 7) is 2.02. The zero-order valence-corrected chi connectivity index (χ0v) is 18.3. The highest BCUT2D eigenvalue weighted by atomic mass is 32.2. The molecule has 4 aromatic rings. The third kappa shape index (κ3) is 5.09. The fourth-order valence-electron chi connectivity index (χ4n) is 3.47. The number of alkyl halides is 3. The number of aromatic nitrogens is 3. The standard InChI is InChI=1S/C21H17F5N4O3S/c1-12-10-30(7-6-27-34(31,32)11-14-2-4-15(22)9-17(14)23)18-5-3-13(8-16(12)18)19-28-20(33-29-19)21(24,25)26/h2-5,8-10,27H,6-7,11H2,1H3. The van der Waals surface area contributed by atoms with E-state index in [9.17, 15) is 30.4 Å². The summed E-state index contributed by atoms with van der Waals surface area (Å²) in [7, 11) is -3.88. The topological polar surface area (TPSA) is 90.0 Å². The highest BCUT2D eigenvalue weighted by molar-refractivity contribution is 7.88. The Morgan fingerprint density at radius 1 is 1.12 bits per heavy atom. The lowest BCUT2D eigenvalue weighted by Gasteiger charge is -2.09. The van der Waals surface area contributed by atoms with Crippen LogP contribution in [0.15, 0.2) is 47.1 Å². The lowest BCUT2D eigenvalue weighted by Crippen LogP contribution is -2.28. The van der Waals surface area contributed by atoms with Gasteiger partial charge in [0.1, 0.15) is 11.6 Å². The first kappa shape index (κ1) is 23.8. The normalized spacial score (nSPS) is 12.5. The van der Waals surface area contributed by atoms with E-state index in [1.165, 1.54) is 6.07 Å². The molecule has 0 radical (unpaired) electrons. The van der Waals surface area contributed by atoms with Crippen molar-refractivity contribution >= 4 is 20.9 Å². The van der Waals surface area contributed by atoms with Crippen molar-refractivity contribution < 1.29 is 34.9 Å². The van der Waals surface area contributed by atoms with Gasteiger partial charge in [0.15, 0.2) is 0 Å². The van der Waals surface area contributed by atoms with Crippen molar-refractivity contribution in [1.29, 1.82) is 0 Å². The van der Waals surface area contributed by atoms with Crippen LogP contribution in [0.1, 0.15) is 17.0 Å². The van der Waals surface area contributed by atoms with Crippen molar-refractivity contribution in [3.05, 3.63) is 71.2 Å². The fraction of sp³-hybridized carbons (Fsp3) is 0.238. The fourth-order valence-corrected chi connectivity index (χ4v) is 4.62. The third-order valence-electron chi connectivity index (χ3n) is 5.04. The van der Waals surface area contributed by atoms with E-state index in [2.05, 4.69) is 19.4 Å². The van der Waals surface area contributed by atoms with Gasteiger partial charge in [0.05, 0.1) is 5.75 Å². The Morgan fingerprint density at radius 3 is 2.56 bits per heavy atom. The molecular weight excluding hydrogens is 483 g/mol. The molecule has 2 aromatic heterocycles. The van der Waals surface area contributed by atoms with Gasteiger partial charge in [0, 0.05) is 47.4 Å². The zero-order valence-electron chi connectivity index (χ0n) is 17.5. The van der Waals surface area contributed by atoms with Crippen LogP contribution in [-0.4, -0.2) is 29.7 Å². The molecule has 180 valence electrons. The van der Waals surface area contributed by atoms with Crippen molar-refractivity contribution in [2.24, 2.45) is 0 Å². The van der Waals surface area contributed by atoms with Crippen LogP contribution < -0.4 is 4.72 Å². The van der Waals surface area contributed by atoms with Gasteiger partial charge in [-0.1, -0.05) is 11.2 Å². The molecule has 0 atom stereocenters. The van der Waals surface area contributed by atoms with E-state index >= 15 is 0 Å². The Kier molecular flexibility index (Phi) is 6.16. The van der Waals surface area contributed by atoms with Crippen molar-refractivity contribution in [1.82, 2.24) is 19.4 Å². The molecule has 0 amide bonds. The van der Waals surface area contributed by atoms with Gasteiger partial charge >= 0.3 is 12.1 Å². The van der Waals surface area contributed by atoms with E-state index in [-0.39, 0.29) is 24.5 Å². The summed E-state index contributed by atoms with van der Waals surface area (Å²) in [5, 5.41) is 4.10. The van der Waals surface area contributed by atoms with Gasteiger partial charge in [-0.3, -0.25) is 0 Å². The number of sulfonamides is 1. The van der Waals surface area contributed by atoms with Crippen molar-refractivity contribution in [3.8, 4) is 11.4 Å². The second kappa shape index (κ2) is 8.80. The number of hydrogen-bond acceptors (Lipinski definition) is 5.